The molecule has 0 N–H and O–H groups in total. The second kappa shape index (κ2) is 4.92. The van der Waals surface area contributed by atoms with Gasteiger partial charge in [0.25, 0.3) is 0 Å². The van der Waals surface area contributed by atoms with Crippen molar-refractivity contribution in [1.29, 1.82) is 0 Å². The van der Waals surface area contributed by atoms with Crippen LogP contribution in [-0.2, 0) is 0 Å². The summed E-state index contributed by atoms with van der Waals surface area (Å²) >= 11 is 13.6. The SMILES string of the molecule is Cc1csc(C(Cl)c2ccc(F)cc2F)c1Cl. The summed E-state index contributed by atoms with van der Waals surface area (Å²) in [5.74, 6) is -1.28. The summed E-state index contributed by atoms with van der Waals surface area (Å²) in [6.07, 6.45) is 0. The molecule has 0 amide bonds. The molecule has 0 aliphatic heterocycles. The van der Waals surface area contributed by atoms with Gasteiger partial charge in [0.15, 0.2) is 0 Å². The normalized spacial score (nSPS) is 12.8. The van der Waals surface area contributed by atoms with Crippen LogP contribution in [0.15, 0.2) is 23.6 Å². The molecule has 1 heterocycles. The molecule has 0 radical (unpaired) electrons. The van der Waals surface area contributed by atoms with Crippen LogP contribution in [-0.4, -0.2) is 0 Å². The van der Waals surface area contributed by atoms with Crippen molar-refractivity contribution in [2.75, 3.05) is 0 Å². The Morgan fingerprint density at radius 2 is 2.00 bits per heavy atom. The van der Waals surface area contributed by atoms with Gasteiger partial charge in [-0.1, -0.05) is 17.7 Å². The molecule has 5 heteroatoms. The number of benzene rings is 1. The molecule has 0 aliphatic carbocycles. The molecule has 1 unspecified atom stereocenters. The first kappa shape index (κ1) is 12.8. The zero-order valence-corrected chi connectivity index (χ0v) is 11.1. The van der Waals surface area contributed by atoms with Crippen molar-refractivity contribution in [2.24, 2.45) is 0 Å². The fraction of sp³-hybridized carbons (Fsp3) is 0.167. The van der Waals surface area contributed by atoms with Crippen molar-refractivity contribution in [1.82, 2.24) is 0 Å². The van der Waals surface area contributed by atoms with Gasteiger partial charge in [0.1, 0.15) is 11.6 Å². The Labute approximate surface area is 112 Å². The minimum atomic E-state index is -0.693. The number of hydrogen-bond acceptors (Lipinski definition) is 1. The molecule has 1 aromatic carbocycles. The first-order valence-electron chi connectivity index (χ1n) is 4.83. The van der Waals surface area contributed by atoms with Gasteiger partial charge < -0.3 is 0 Å². The van der Waals surface area contributed by atoms with Gasteiger partial charge in [-0.3, -0.25) is 0 Å². The summed E-state index contributed by atoms with van der Waals surface area (Å²) in [5.41, 5.74) is 1.14. The number of alkyl halides is 1. The Morgan fingerprint density at radius 1 is 1.29 bits per heavy atom. The molecule has 2 rings (SSSR count). The number of halogens is 4. The van der Waals surface area contributed by atoms with Crippen molar-refractivity contribution < 1.29 is 8.78 Å². The van der Waals surface area contributed by atoms with Crippen molar-refractivity contribution in [3.8, 4) is 0 Å². The van der Waals surface area contributed by atoms with Gasteiger partial charge in [-0.2, -0.15) is 0 Å². The Bertz CT molecular complexity index is 551. The van der Waals surface area contributed by atoms with Gasteiger partial charge in [0.05, 0.1) is 10.4 Å². The maximum absolute atomic E-state index is 13.6. The number of rotatable bonds is 2. The van der Waals surface area contributed by atoms with E-state index in [0.29, 0.717) is 9.90 Å². The first-order valence-corrected chi connectivity index (χ1v) is 6.52. The fourth-order valence-corrected chi connectivity index (χ4v) is 3.26. The van der Waals surface area contributed by atoms with Crippen LogP contribution in [0.5, 0.6) is 0 Å². The lowest BCUT2D eigenvalue weighted by atomic mass is 10.1. The average molecular weight is 293 g/mol. The third-order valence-corrected chi connectivity index (χ3v) is 4.75. The molecular weight excluding hydrogens is 285 g/mol. The van der Waals surface area contributed by atoms with E-state index in [9.17, 15) is 8.78 Å². The van der Waals surface area contributed by atoms with Crippen molar-refractivity contribution in [3.05, 3.63) is 56.2 Å². The summed E-state index contributed by atoms with van der Waals surface area (Å²) in [5, 5.41) is 1.70. The summed E-state index contributed by atoms with van der Waals surface area (Å²) in [4.78, 5) is 0.677. The molecular formula is C12H8Cl2F2S. The minimum absolute atomic E-state index is 0.233. The highest BCUT2D eigenvalue weighted by Gasteiger charge is 2.20. The van der Waals surface area contributed by atoms with Crippen molar-refractivity contribution >= 4 is 34.5 Å². The van der Waals surface area contributed by atoms with E-state index in [1.165, 1.54) is 23.5 Å². The van der Waals surface area contributed by atoms with Crippen LogP contribution in [0.1, 0.15) is 21.4 Å². The Morgan fingerprint density at radius 3 is 2.53 bits per heavy atom. The van der Waals surface area contributed by atoms with Gasteiger partial charge in [-0.25, -0.2) is 8.78 Å². The zero-order chi connectivity index (χ0) is 12.6. The molecule has 0 aliphatic rings. The molecule has 0 bridgehead atoms. The zero-order valence-electron chi connectivity index (χ0n) is 8.81. The molecule has 90 valence electrons. The summed E-state index contributed by atoms with van der Waals surface area (Å²) < 4.78 is 26.4. The third kappa shape index (κ3) is 2.46. The number of aryl methyl sites for hydroxylation is 1. The monoisotopic (exact) mass is 292 g/mol. The predicted molar refractivity (Wildman–Crippen MR) is 68.1 cm³/mol. The summed E-state index contributed by atoms with van der Waals surface area (Å²) in [6.45, 7) is 1.85. The van der Waals surface area contributed by atoms with Gasteiger partial charge in [0, 0.05) is 16.5 Å². The van der Waals surface area contributed by atoms with E-state index in [4.69, 9.17) is 23.2 Å². The van der Waals surface area contributed by atoms with E-state index in [0.717, 1.165) is 11.6 Å². The molecule has 0 nitrogen and oxygen atoms in total. The summed E-state index contributed by atoms with van der Waals surface area (Å²) in [6, 6.07) is 3.34. The van der Waals surface area contributed by atoms with Gasteiger partial charge >= 0.3 is 0 Å². The van der Waals surface area contributed by atoms with Crippen LogP contribution in [0.25, 0.3) is 0 Å². The quantitative estimate of drug-likeness (QED) is 0.658. The Balaban J connectivity index is 2.43. The highest BCUT2D eigenvalue weighted by Crippen LogP contribution is 2.40. The third-order valence-electron chi connectivity index (χ3n) is 2.39. The van der Waals surface area contributed by atoms with E-state index < -0.39 is 17.0 Å². The minimum Gasteiger partial charge on any atom is -0.207 e. The standard InChI is InChI=1S/C12H8Cl2F2S/c1-6-5-17-12(10(6)13)11(14)8-3-2-7(15)4-9(8)16/h2-5,11H,1H3. The van der Waals surface area contributed by atoms with Gasteiger partial charge in [0.2, 0.25) is 0 Å². The number of thiophene rings is 1. The van der Waals surface area contributed by atoms with Crippen LogP contribution >= 0.6 is 34.5 Å². The molecule has 1 atom stereocenters. The van der Waals surface area contributed by atoms with E-state index >= 15 is 0 Å². The molecule has 1 aromatic heterocycles. The lowest BCUT2D eigenvalue weighted by molar-refractivity contribution is 0.574. The van der Waals surface area contributed by atoms with Gasteiger partial charge in [-0.15, -0.1) is 22.9 Å². The molecule has 0 spiro atoms. The average Bonchev–Trinajstić information content (AvgIpc) is 2.59. The second-order valence-corrected chi connectivity index (χ2v) is 5.35. The molecule has 0 saturated carbocycles. The van der Waals surface area contributed by atoms with Crippen LogP contribution in [0, 0.1) is 18.6 Å². The Hall–Kier alpha value is -0.640. The van der Waals surface area contributed by atoms with E-state index in [2.05, 4.69) is 0 Å². The molecule has 2 aromatic rings. The molecule has 0 saturated heterocycles. The lowest BCUT2D eigenvalue weighted by Gasteiger charge is -2.10. The van der Waals surface area contributed by atoms with E-state index in [1.54, 1.807) is 0 Å². The smallest absolute Gasteiger partial charge is 0.131 e. The van der Waals surface area contributed by atoms with Gasteiger partial charge in [-0.05, 0) is 23.9 Å². The fourth-order valence-electron chi connectivity index (χ4n) is 1.47. The molecule has 17 heavy (non-hydrogen) atoms. The van der Waals surface area contributed by atoms with Crippen LogP contribution in [0.4, 0.5) is 8.78 Å². The van der Waals surface area contributed by atoms with Crippen molar-refractivity contribution in [2.45, 2.75) is 12.3 Å². The Kier molecular flexibility index (Phi) is 3.71. The largest absolute Gasteiger partial charge is 0.207 e. The maximum Gasteiger partial charge on any atom is 0.131 e. The number of hydrogen-bond donors (Lipinski definition) is 0. The van der Waals surface area contributed by atoms with Crippen LogP contribution in [0.3, 0.4) is 0 Å². The van der Waals surface area contributed by atoms with Crippen molar-refractivity contribution in [3.63, 3.8) is 0 Å². The second-order valence-electron chi connectivity index (χ2n) is 3.63. The summed E-state index contributed by atoms with van der Waals surface area (Å²) in [7, 11) is 0. The van der Waals surface area contributed by atoms with Crippen LogP contribution in [0.2, 0.25) is 5.02 Å². The highest BCUT2D eigenvalue weighted by molar-refractivity contribution is 7.11. The lowest BCUT2D eigenvalue weighted by Crippen LogP contribution is -1.96. The predicted octanol–water partition coefficient (Wildman–Crippen LogP) is 5.32. The highest BCUT2D eigenvalue weighted by atomic mass is 35.5. The first-order chi connectivity index (χ1) is 8.00. The topological polar surface area (TPSA) is 0 Å². The van der Waals surface area contributed by atoms with E-state index in [1.807, 2.05) is 12.3 Å². The van der Waals surface area contributed by atoms with Crippen LogP contribution < -0.4 is 0 Å². The maximum atomic E-state index is 13.6. The molecule has 0 fully saturated rings. The van der Waals surface area contributed by atoms with E-state index in [-0.39, 0.29) is 5.56 Å².